The van der Waals surface area contributed by atoms with Crippen LogP contribution in [0, 0.1) is 19.8 Å². The molecule has 1 heterocycles. The van der Waals surface area contributed by atoms with Crippen LogP contribution in [0.4, 0.5) is 0 Å². The fraction of sp³-hybridized carbons (Fsp3) is 0.769. The summed E-state index contributed by atoms with van der Waals surface area (Å²) in [5.41, 5.74) is 2.15. The van der Waals surface area contributed by atoms with Gasteiger partial charge in [0.1, 0.15) is 0 Å². The quantitative estimate of drug-likeness (QED) is 0.898. The van der Waals surface area contributed by atoms with Crippen LogP contribution in [0.15, 0.2) is 0 Å². The number of hydrogen-bond acceptors (Lipinski definition) is 2. The third-order valence-corrected chi connectivity index (χ3v) is 3.31. The van der Waals surface area contributed by atoms with E-state index in [4.69, 9.17) is 11.6 Å². The maximum absolute atomic E-state index is 6.13. The molecule has 0 aromatic carbocycles. The summed E-state index contributed by atoms with van der Waals surface area (Å²) in [6.45, 7) is 14.6. The van der Waals surface area contributed by atoms with Crippen molar-refractivity contribution in [2.45, 2.75) is 53.6 Å². The van der Waals surface area contributed by atoms with E-state index in [1.807, 2.05) is 18.5 Å². The smallest absolute Gasteiger partial charge is 0.0844 e. The predicted octanol–water partition coefficient (Wildman–Crippen LogP) is 3.18. The van der Waals surface area contributed by atoms with Crippen LogP contribution < -0.4 is 5.32 Å². The Morgan fingerprint density at radius 3 is 2.35 bits per heavy atom. The summed E-state index contributed by atoms with van der Waals surface area (Å²) >= 11 is 6.13. The Bertz CT molecular complexity index is 377. The van der Waals surface area contributed by atoms with Gasteiger partial charge in [0.2, 0.25) is 0 Å². The van der Waals surface area contributed by atoms with Crippen LogP contribution in [0.2, 0.25) is 5.02 Å². The van der Waals surface area contributed by atoms with Gasteiger partial charge < -0.3 is 5.32 Å². The second kappa shape index (κ2) is 5.40. The lowest BCUT2D eigenvalue weighted by Gasteiger charge is -2.23. The van der Waals surface area contributed by atoms with Crippen LogP contribution in [0.5, 0.6) is 0 Å². The van der Waals surface area contributed by atoms with Crippen LogP contribution in [-0.2, 0) is 6.54 Å². The molecule has 1 N–H and O–H groups in total. The second-order valence-electron chi connectivity index (χ2n) is 5.90. The van der Waals surface area contributed by atoms with E-state index in [1.54, 1.807) is 0 Å². The zero-order valence-corrected chi connectivity index (χ0v) is 12.5. The summed E-state index contributed by atoms with van der Waals surface area (Å²) in [6.07, 6.45) is 0. The number of nitrogens with zero attached hydrogens (tertiary/aromatic N) is 2. The Morgan fingerprint density at radius 2 is 1.94 bits per heavy atom. The first kappa shape index (κ1) is 14.5. The first-order valence-electron chi connectivity index (χ1n) is 6.15. The van der Waals surface area contributed by atoms with Crippen LogP contribution in [0.3, 0.4) is 0 Å². The maximum Gasteiger partial charge on any atom is 0.0844 e. The molecule has 3 nitrogen and oxygen atoms in total. The van der Waals surface area contributed by atoms with Gasteiger partial charge in [0.25, 0.3) is 0 Å². The van der Waals surface area contributed by atoms with Gasteiger partial charge in [-0.05, 0) is 47.1 Å². The van der Waals surface area contributed by atoms with Crippen LogP contribution in [0.25, 0.3) is 0 Å². The fourth-order valence-electron chi connectivity index (χ4n) is 1.69. The van der Waals surface area contributed by atoms with Crippen molar-refractivity contribution in [3.8, 4) is 0 Å². The van der Waals surface area contributed by atoms with Crippen LogP contribution >= 0.6 is 11.6 Å². The van der Waals surface area contributed by atoms with E-state index in [9.17, 15) is 0 Å². The third-order valence-electron chi connectivity index (χ3n) is 2.76. The van der Waals surface area contributed by atoms with E-state index in [-0.39, 0.29) is 5.54 Å². The topological polar surface area (TPSA) is 29.9 Å². The molecule has 17 heavy (non-hydrogen) atoms. The standard InChI is InChI=1S/C13H24ClN3/c1-9(7-15-13(4,5)6)8-17-11(3)12(14)10(2)16-17/h9,15H,7-8H2,1-6H3. The lowest BCUT2D eigenvalue weighted by molar-refractivity contribution is 0.349. The van der Waals surface area contributed by atoms with Crippen LogP contribution in [-0.4, -0.2) is 21.9 Å². The fourth-order valence-corrected chi connectivity index (χ4v) is 1.83. The maximum atomic E-state index is 6.13. The largest absolute Gasteiger partial charge is 0.312 e. The van der Waals surface area contributed by atoms with Gasteiger partial charge in [-0.15, -0.1) is 0 Å². The lowest BCUT2D eigenvalue weighted by atomic mass is 10.1. The van der Waals surface area contributed by atoms with Gasteiger partial charge in [-0.2, -0.15) is 5.10 Å². The van der Waals surface area contributed by atoms with Crippen molar-refractivity contribution in [1.29, 1.82) is 0 Å². The number of hydrogen-bond donors (Lipinski definition) is 1. The van der Waals surface area contributed by atoms with Crippen molar-refractivity contribution in [3.05, 3.63) is 16.4 Å². The summed E-state index contributed by atoms with van der Waals surface area (Å²) in [6, 6.07) is 0. The Labute approximate surface area is 110 Å². The molecule has 0 aliphatic rings. The number of halogens is 1. The average Bonchev–Trinajstić information content (AvgIpc) is 2.43. The highest BCUT2D eigenvalue weighted by Gasteiger charge is 2.14. The molecule has 1 aromatic heterocycles. The minimum Gasteiger partial charge on any atom is -0.312 e. The van der Waals surface area contributed by atoms with Gasteiger partial charge in [-0.1, -0.05) is 18.5 Å². The molecule has 0 spiro atoms. The number of aryl methyl sites for hydroxylation is 1. The van der Waals surface area contributed by atoms with Gasteiger partial charge in [0.15, 0.2) is 0 Å². The molecule has 0 amide bonds. The molecule has 0 bridgehead atoms. The molecule has 0 aliphatic heterocycles. The van der Waals surface area contributed by atoms with Gasteiger partial charge in [0.05, 0.1) is 16.4 Å². The minimum atomic E-state index is 0.168. The summed E-state index contributed by atoms with van der Waals surface area (Å²) < 4.78 is 2.01. The molecule has 0 saturated heterocycles. The van der Waals surface area contributed by atoms with Gasteiger partial charge in [-0.3, -0.25) is 4.68 Å². The zero-order chi connectivity index (χ0) is 13.2. The van der Waals surface area contributed by atoms with Gasteiger partial charge >= 0.3 is 0 Å². The molecule has 0 saturated carbocycles. The molecule has 0 aliphatic carbocycles. The lowest BCUT2D eigenvalue weighted by Crippen LogP contribution is -2.39. The molecule has 4 heteroatoms. The first-order valence-corrected chi connectivity index (χ1v) is 6.53. The van der Waals surface area contributed by atoms with Crippen molar-refractivity contribution in [3.63, 3.8) is 0 Å². The highest BCUT2D eigenvalue weighted by atomic mass is 35.5. The Morgan fingerprint density at radius 1 is 1.35 bits per heavy atom. The number of aromatic nitrogens is 2. The zero-order valence-electron chi connectivity index (χ0n) is 11.8. The van der Waals surface area contributed by atoms with E-state index in [0.717, 1.165) is 29.5 Å². The first-order chi connectivity index (χ1) is 7.70. The van der Waals surface area contributed by atoms with Crippen molar-refractivity contribution in [2.75, 3.05) is 6.54 Å². The van der Waals surface area contributed by atoms with Crippen molar-refractivity contribution in [2.24, 2.45) is 5.92 Å². The normalized spacial score (nSPS) is 14.1. The summed E-state index contributed by atoms with van der Waals surface area (Å²) in [4.78, 5) is 0. The highest BCUT2D eigenvalue weighted by molar-refractivity contribution is 6.31. The van der Waals surface area contributed by atoms with Gasteiger partial charge in [0, 0.05) is 12.1 Å². The van der Waals surface area contributed by atoms with E-state index in [0.29, 0.717) is 5.92 Å². The molecular formula is C13H24ClN3. The SMILES string of the molecule is Cc1nn(CC(C)CNC(C)(C)C)c(C)c1Cl. The molecule has 1 aromatic rings. The third kappa shape index (κ3) is 4.32. The molecule has 1 rings (SSSR count). The Kier molecular flexibility index (Phi) is 4.62. The molecule has 1 atom stereocenters. The molecule has 98 valence electrons. The summed E-state index contributed by atoms with van der Waals surface area (Å²) in [5.74, 6) is 0.531. The van der Waals surface area contributed by atoms with E-state index in [2.05, 4.69) is 38.1 Å². The van der Waals surface area contributed by atoms with Crippen molar-refractivity contribution in [1.82, 2.24) is 15.1 Å². The Balaban J connectivity index is 2.56. The molecule has 0 radical (unpaired) electrons. The van der Waals surface area contributed by atoms with E-state index in [1.165, 1.54) is 0 Å². The van der Waals surface area contributed by atoms with Crippen molar-refractivity contribution < 1.29 is 0 Å². The molecule has 0 fully saturated rings. The molecular weight excluding hydrogens is 234 g/mol. The number of rotatable bonds is 4. The van der Waals surface area contributed by atoms with E-state index < -0.39 is 0 Å². The minimum absolute atomic E-state index is 0.168. The van der Waals surface area contributed by atoms with E-state index >= 15 is 0 Å². The van der Waals surface area contributed by atoms with Gasteiger partial charge in [-0.25, -0.2) is 0 Å². The van der Waals surface area contributed by atoms with Crippen LogP contribution in [0.1, 0.15) is 39.1 Å². The summed E-state index contributed by atoms with van der Waals surface area (Å²) in [7, 11) is 0. The highest BCUT2D eigenvalue weighted by Crippen LogP contribution is 2.19. The predicted molar refractivity (Wildman–Crippen MR) is 73.6 cm³/mol. The molecule has 1 unspecified atom stereocenters. The average molecular weight is 258 g/mol. The number of nitrogens with one attached hydrogen (secondary N) is 1. The summed E-state index contributed by atoms with van der Waals surface area (Å²) in [5, 5.41) is 8.75. The Hall–Kier alpha value is -0.540. The monoisotopic (exact) mass is 257 g/mol. The van der Waals surface area contributed by atoms with Crippen molar-refractivity contribution >= 4 is 11.6 Å². The second-order valence-corrected chi connectivity index (χ2v) is 6.28.